The van der Waals surface area contributed by atoms with Crippen molar-refractivity contribution in [3.63, 3.8) is 0 Å². The third-order valence-corrected chi connectivity index (χ3v) is 2.39. The van der Waals surface area contributed by atoms with E-state index in [0.717, 1.165) is 0 Å². The highest BCUT2D eigenvalue weighted by molar-refractivity contribution is 6.30. The Morgan fingerprint density at radius 2 is 2.20 bits per heavy atom. The molecule has 1 unspecified atom stereocenters. The molecule has 0 aliphatic carbocycles. The van der Waals surface area contributed by atoms with E-state index in [1.807, 2.05) is 0 Å². The highest BCUT2D eigenvalue weighted by atomic mass is 35.5. The molecule has 0 saturated heterocycles. The molecule has 0 bridgehead atoms. The van der Waals surface area contributed by atoms with Crippen molar-refractivity contribution >= 4 is 11.6 Å². The van der Waals surface area contributed by atoms with E-state index in [1.54, 1.807) is 36.1 Å². The first-order valence-electron chi connectivity index (χ1n) is 4.46. The van der Waals surface area contributed by atoms with Crippen LogP contribution < -0.4 is 0 Å². The van der Waals surface area contributed by atoms with E-state index < -0.39 is 6.10 Å². The van der Waals surface area contributed by atoms with E-state index in [4.69, 9.17) is 11.6 Å². The summed E-state index contributed by atoms with van der Waals surface area (Å²) < 4.78 is 1.61. The summed E-state index contributed by atoms with van der Waals surface area (Å²) in [5, 5.41) is 14.5. The van der Waals surface area contributed by atoms with Gasteiger partial charge in [-0.15, -0.1) is 0 Å². The number of hydrogen-bond donors (Lipinski definition) is 1. The minimum absolute atomic E-state index is 0.552. The predicted octanol–water partition coefficient (Wildman–Crippen LogP) is 1.55. The molecule has 5 heteroatoms. The van der Waals surface area contributed by atoms with Gasteiger partial charge < -0.3 is 5.11 Å². The fraction of sp³-hybridized carbons (Fsp3) is 0.200. The Labute approximate surface area is 92.1 Å². The Morgan fingerprint density at radius 1 is 1.40 bits per heavy atom. The van der Waals surface area contributed by atoms with Gasteiger partial charge in [-0.05, 0) is 18.2 Å². The SMILES string of the molecule is Cn1nccc1C(O)c1ccc(Cl)cn1. The summed E-state index contributed by atoms with van der Waals surface area (Å²) in [6.07, 6.45) is 2.38. The van der Waals surface area contributed by atoms with Gasteiger partial charge in [0.05, 0.1) is 16.4 Å². The normalized spacial score (nSPS) is 12.7. The van der Waals surface area contributed by atoms with Crippen molar-refractivity contribution in [2.75, 3.05) is 0 Å². The van der Waals surface area contributed by atoms with E-state index in [0.29, 0.717) is 16.4 Å². The fourth-order valence-electron chi connectivity index (χ4n) is 1.35. The number of nitrogens with zero attached hydrogens (tertiary/aromatic N) is 3. The lowest BCUT2D eigenvalue weighted by atomic mass is 10.2. The van der Waals surface area contributed by atoms with Crippen LogP contribution in [0.2, 0.25) is 5.02 Å². The number of aryl methyl sites for hydroxylation is 1. The predicted molar refractivity (Wildman–Crippen MR) is 56.5 cm³/mol. The third-order valence-electron chi connectivity index (χ3n) is 2.17. The van der Waals surface area contributed by atoms with Gasteiger partial charge >= 0.3 is 0 Å². The molecule has 0 aliphatic rings. The van der Waals surface area contributed by atoms with Gasteiger partial charge in [0.1, 0.15) is 6.10 Å². The van der Waals surface area contributed by atoms with E-state index in [1.165, 1.54) is 6.20 Å². The van der Waals surface area contributed by atoms with Crippen molar-refractivity contribution in [2.45, 2.75) is 6.10 Å². The zero-order valence-electron chi connectivity index (χ0n) is 8.13. The van der Waals surface area contributed by atoms with Crippen LogP contribution in [-0.4, -0.2) is 19.9 Å². The maximum Gasteiger partial charge on any atom is 0.137 e. The lowest BCUT2D eigenvalue weighted by Gasteiger charge is -2.09. The van der Waals surface area contributed by atoms with Crippen LogP contribution in [0.15, 0.2) is 30.6 Å². The molecular weight excluding hydrogens is 214 g/mol. The fourth-order valence-corrected chi connectivity index (χ4v) is 1.46. The van der Waals surface area contributed by atoms with Crippen LogP contribution in [0, 0.1) is 0 Å². The standard InChI is InChI=1S/C10H10ClN3O/c1-14-9(4-5-13-14)10(15)8-3-2-7(11)6-12-8/h2-6,10,15H,1H3. The number of aromatic nitrogens is 3. The monoisotopic (exact) mass is 223 g/mol. The van der Waals surface area contributed by atoms with Crippen LogP contribution in [0.3, 0.4) is 0 Å². The molecule has 78 valence electrons. The zero-order chi connectivity index (χ0) is 10.8. The third kappa shape index (κ3) is 2.00. The maximum atomic E-state index is 9.99. The second kappa shape index (κ2) is 4.00. The average Bonchev–Trinajstić information content (AvgIpc) is 2.65. The molecule has 15 heavy (non-hydrogen) atoms. The number of hydrogen-bond acceptors (Lipinski definition) is 3. The van der Waals surface area contributed by atoms with E-state index in [-0.39, 0.29) is 0 Å². The van der Waals surface area contributed by atoms with Crippen LogP contribution in [0.4, 0.5) is 0 Å². The molecule has 0 radical (unpaired) electrons. The molecule has 4 nitrogen and oxygen atoms in total. The van der Waals surface area contributed by atoms with Crippen LogP contribution in [-0.2, 0) is 7.05 Å². The topological polar surface area (TPSA) is 50.9 Å². The summed E-state index contributed by atoms with van der Waals surface area (Å²) in [5.41, 5.74) is 1.26. The largest absolute Gasteiger partial charge is 0.380 e. The summed E-state index contributed by atoms with van der Waals surface area (Å²) in [4.78, 5) is 4.05. The number of pyridine rings is 1. The van der Waals surface area contributed by atoms with Crippen molar-refractivity contribution in [3.05, 3.63) is 47.0 Å². The van der Waals surface area contributed by atoms with Gasteiger partial charge in [-0.1, -0.05) is 11.6 Å². The molecule has 0 fully saturated rings. The Balaban J connectivity index is 2.32. The number of rotatable bonds is 2. The molecule has 2 rings (SSSR count). The smallest absolute Gasteiger partial charge is 0.137 e. The lowest BCUT2D eigenvalue weighted by molar-refractivity contribution is 0.205. The molecule has 0 aromatic carbocycles. The zero-order valence-corrected chi connectivity index (χ0v) is 8.89. The minimum Gasteiger partial charge on any atom is -0.380 e. The van der Waals surface area contributed by atoms with Crippen LogP contribution in [0.5, 0.6) is 0 Å². The van der Waals surface area contributed by atoms with E-state index >= 15 is 0 Å². The average molecular weight is 224 g/mol. The van der Waals surface area contributed by atoms with Crippen molar-refractivity contribution in [1.82, 2.24) is 14.8 Å². The number of aliphatic hydroxyl groups is 1. The van der Waals surface area contributed by atoms with Gasteiger partial charge in [-0.25, -0.2) is 0 Å². The summed E-state index contributed by atoms with van der Waals surface area (Å²) in [7, 11) is 1.77. The van der Waals surface area contributed by atoms with Gasteiger partial charge in [0.25, 0.3) is 0 Å². The molecule has 1 atom stereocenters. The van der Waals surface area contributed by atoms with E-state index in [2.05, 4.69) is 10.1 Å². The summed E-state index contributed by atoms with van der Waals surface area (Å²) in [6, 6.07) is 5.14. The lowest BCUT2D eigenvalue weighted by Crippen LogP contribution is -2.07. The van der Waals surface area contributed by atoms with Gasteiger partial charge in [0.15, 0.2) is 0 Å². The number of aliphatic hydroxyl groups excluding tert-OH is 1. The molecule has 2 aromatic rings. The molecule has 0 aliphatic heterocycles. The van der Waals surface area contributed by atoms with Crippen molar-refractivity contribution in [2.24, 2.45) is 7.05 Å². The van der Waals surface area contributed by atoms with Crippen LogP contribution in [0.1, 0.15) is 17.5 Å². The molecule has 0 amide bonds. The Bertz CT molecular complexity index is 452. The second-order valence-electron chi connectivity index (χ2n) is 3.18. The molecule has 2 heterocycles. The van der Waals surface area contributed by atoms with Crippen molar-refractivity contribution < 1.29 is 5.11 Å². The van der Waals surface area contributed by atoms with Crippen LogP contribution >= 0.6 is 11.6 Å². The second-order valence-corrected chi connectivity index (χ2v) is 3.62. The van der Waals surface area contributed by atoms with Gasteiger partial charge in [-0.3, -0.25) is 9.67 Å². The highest BCUT2D eigenvalue weighted by Crippen LogP contribution is 2.19. The summed E-state index contributed by atoms with van der Waals surface area (Å²) in [5.74, 6) is 0. The molecule has 0 spiro atoms. The Kier molecular flexibility index (Phi) is 2.70. The first-order valence-corrected chi connectivity index (χ1v) is 4.83. The quantitative estimate of drug-likeness (QED) is 0.841. The molecule has 1 N–H and O–H groups in total. The first-order chi connectivity index (χ1) is 7.18. The Hall–Kier alpha value is -1.39. The molecule has 0 saturated carbocycles. The van der Waals surface area contributed by atoms with Gasteiger partial charge in [0.2, 0.25) is 0 Å². The first kappa shape index (κ1) is 10.1. The number of halogens is 1. The van der Waals surface area contributed by atoms with E-state index in [9.17, 15) is 5.11 Å². The van der Waals surface area contributed by atoms with Crippen molar-refractivity contribution in [3.8, 4) is 0 Å². The minimum atomic E-state index is -0.769. The maximum absolute atomic E-state index is 9.99. The highest BCUT2D eigenvalue weighted by Gasteiger charge is 2.14. The summed E-state index contributed by atoms with van der Waals surface area (Å²) in [6.45, 7) is 0. The van der Waals surface area contributed by atoms with Gasteiger partial charge in [0, 0.05) is 19.4 Å². The van der Waals surface area contributed by atoms with Gasteiger partial charge in [-0.2, -0.15) is 5.10 Å². The Morgan fingerprint density at radius 3 is 2.73 bits per heavy atom. The van der Waals surface area contributed by atoms with Crippen molar-refractivity contribution in [1.29, 1.82) is 0 Å². The molecular formula is C10H10ClN3O. The molecule has 2 aromatic heterocycles. The van der Waals surface area contributed by atoms with Crippen LogP contribution in [0.25, 0.3) is 0 Å². The summed E-state index contributed by atoms with van der Waals surface area (Å²) >= 11 is 5.71.